The van der Waals surface area contributed by atoms with Crippen LogP contribution in [0.5, 0.6) is 11.5 Å². The molecule has 5 nitrogen and oxygen atoms in total. The van der Waals surface area contributed by atoms with Gasteiger partial charge < -0.3 is 14.6 Å². The average molecular weight is 478 g/mol. The van der Waals surface area contributed by atoms with Crippen molar-refractivity contribution in [3.05, 3.63) is 63.7 Å². The summed E-state index contributed by atoms with van der Waals surface area (Å²) in [7, 11) is 1.54. The molecule has 1 aliphatic rings. The van der Waals surface area contributed by atoms with Crippen molar-refractivity contribution in [2.45, 2.75) is 44.9 Å². The lowest BCUT2D eigenvalue weighted by Crippen LogP contribution is -2.05. The van der Waals surface area contributed by atoms with Crippen LogP contribution in [0, 0.1) is 6.92 Å². The second-order valence-electron chi connectivity index (χ2n) is 7.94. The monoisotopic (exact) mass is 477 g/mol. The summed E-state index contributed by atoms with van der Waals surface area (Å²) in [6.45, 7) is 2.04. The van der Waals surface area contributed by atoms with Gasteiger partial charge in [0.25, 0.3) is 0 Å². The minimum Gasteiger partial charge on any atom is -0.496 e. The lowest BCUT2D eigenvalue weighted by atomic mass is 10.0. The highest BCUT2D eigenvalue weighted by molar-refractivity contribution is 7.15. The maximum Gasteiger partial charge on any atom is 0.416 e. The summed E-state index contributed by atoms with van der Waals surface area (Å²) in [6, 6.07) is 8.50. The van der Waals surface area contributed by atoms with E-state index in [1.54, 1.807) is 6.07 Å². The number of benzene rings is 2. The quantitative estimate of drug-likeness (QED) is 0.417. The van der Waals surface area contributed by atoms with Crippen molar-refractivity contribution >= 4 is 17.3 Å². The Balaban J connectivity index is 1.54. The zero-order valence-electron chi connectivity index (χ0n) is 18.0. The molecule has 0 bridgehead atoms. The number of hydrogen-bond acceptors (Lipinski definition) is 5. The third kappa shape index (κ3) is 5.30. The molecule has 1 aromatic heterocycles. The maximum absolute atomic E-state index is 12.8. The molecule has 9 heteroatoms. The van der Waals surface area contributed by atoms with Gasteiger partial charge in [0.2, 0.25) is 0 Å². The fourth-order valence-electron chi connectivity index (χ4n) is 3.64. The Morgan fingerprint density at radius 2 is 1.91 bits per heavy atom. The van der Waals surface area contributed by atoms with Crippen LogP contribution in [0.15, 0.2) is 36.4 Å². The number of hydrogen-bond donors (Lipinski definition) is 1. The second kappa shape index (κ2) is 9.05. The first-order valence-electron chi connectivity index (χ1n) is 10.3. The highest BCUT2D eigenvalue weighted by Crippen LogP contribution is 2.47. The van der Waals surface area contributed by atoms with E-state index >= 15 is 0 Å². The summed E-state index contributed by atoms with van der Waals surface area (Å²) in [5, 5.41) is 9.89. The molecule has 33 heavy (non-hydrogen) atoms. The van der Waals surface area contributed by atoms with E-state index in [1.165, 1.54) is 30.6 Å². The Bertz CT molecular complexity index is 1170. The van der Waals surface area contributed by atoms with Gasteiger partial charge in [-0.1, -0.05) is 12.1 Å². The molecule has 0 amide bonds. The summed E-state index contributed by atoms with van der Waals surface area (Å²) in [5.74, 6) is 0.544. The molecule has 1 heterocycles. The predicted molar refractivity (Wildman–Crippen MR) is 118 cm³/mol. The molecule has 0 radical (unpaired) electrons. The van der Waals surface area contributed by atoms with E-state index in [2.05, 4.69) is 4.98 Å². The Hall–Kier alpha value is -3.07. The van der Waals surface area contributed by atoms with Gasteiger partial charge in [-0.15, -0.1) is 11.3 Å². The molecule has 1 saturated carbocycles. The van der Waals surface area contributed by atoms with Crippen molar-refractivity contribution in [2.24, 2.45) is 0 Å². The predicted octanol–water partition coefficient (Wildman–Crippen LogP) is 6.23. The topological polar surface area (TPSA) is 68.7 Å². The van der Waals surface area contributed by atoms with Crippen LogP contribution < -0.4 is 9.47 Å². The fraction of sp³-hybridized carbons (Fsp3) is 0.333. The number of aliphatic carboxylic acids is 1. The minimum absolute atomic E-state index is 0.169. The first kappa shape index (κ1) is 23.1. The first-order chi connectivity index (χ1) is 15.7. The van der Waals surface area contributed by atoms with Gasteiger partial charge in [-0.25, -0.2) is 4.98 Å². The molecule has 0 saturated heterocycles. The van der Waals surface area contributed by atoms with Crippen molar-refractivity contribution in [2.75, 3.05) is 7.11 Å². The molecule has 1 aliphatic carbocycles. The highest BCUT2D eigenvalue weighted by Gasteiger charge is 2.31. The van der Waals surface area contributed by atoms with E-state index in [9.17, 15) is 23.1 Å². The zero-order chi connectivity index (χ0) is 23.8. The molecule has 0 atom stereocenters. The summed E-state index contributed by atoms with van der Waals surface area (Å²) >= 11 is 1.35. The largest absolute Gasteiger partial charge is 0.496 e. The van der Waals surface area contributed by atoms with E-state index in [0.29, 0.717) is 33.6 Å². The standard InChI is InChI=1S/C24H22F3NO4S/c1-13-20(33-23(28-13)15-5-7-17(8-6-15)24(25,26)27)12-32-18-9-16(10-21(29)30)22(31-2)19(11-18)14-3-4-14/h5-9,11,14H,3-4,10,12H2,1-2H3,(H,29,30). The van der Waals surface area contributed by atoms with Gasteiger partial charge in [0, 0.05) is 16.7 Å². The lowest BCUT2D eigenvalue weighted by Gasteiger charge is -2.15. The molecule has 4 rings (SSSR count). The number of carboxylic acid groups (broad SMARTS) is 1. The van der Waals surface area contributed by atoms with Crippen LogP contribution in [0.3, 0.4) is 0 Å². The van der Waals surface area contributed by atoms with Crippen molar-refractivity contribution in [1.82, 2.24) is 4.98 Å². The molecular formula is C24H22F3NO4S. The van der Waals surface area contributed by atoms with Gasteiger partial charge in [0.15, 0.2) is 0 Å². The number of halogens is 3. The number of alkyl halides is 3. The molecule has 0 aliphatic heterocycles. The number of nitrogens with zero attached hydrogens (tertiary/aromatic N) is 1. The van der Waals surface area contributed by atoms with Crippen LogP contribution in [-0.2, 0) is 24.0 Å². The van der Waals surface area contributed by atoms with Gasteiger partial charge in [-0.3, -0.25) is 4.79 Å². The van der Waals surface area contributed by atoms with Crippen LogP contribution in [0.1, 0.15) is 46.0 Å². The SMILES string of the molecule is COc1c(CC(=O)O)cc(OCc2sc(-c3ccc(C(F)(F)F)cc3)nc2C)cc1C1CC1. The van der Waals surface area contributed by atoms with Crippen molar-refractivity contribution in [1.29, 1.82) is 0 Å². The summed E-state index contributed by atoms with van der Waals surface area (Å²) < 4.78 is 49.9. The van der Waals surface area contributed by atoms with Gasteiger partial charge in [0.1, 0.15) is 23.1 Å². The van der Waals surface area contributed by atoms with Crippen molar-refractivity contribution in [3.63, 3.8) is 0 Å². The summed E-state index contributed by atoms with van der Waals surface area (Å²) in [5.41, 5.74) is 2.16. The maximum atomic E-state index is 12.8. The zero-order valence-corrected chi connectivity index (χ0v) is 18.8. The number of aryl methyl sites for hydroxylation is 1. The van der Waals surface area contributed by atoms with Crippen LogP contribution in [0.4, 0.5) is 13.2 Å². The molecule has 0 spiro atoms. The van der Waals surface area contributed by atoms with Gasteiger partial charge in [-0.05, 0) is 49.9 Å². The normalized spacial score (nSPS) is 13.7. The molecule has 0 unspecified atom stereocenters. The van der Waals surface area contributed by atoms with E-state index < -0.39 is 17.7 Å². The lowest BCUT2D eigenvalue weighted by molar-refractivity contribution is -0.138. The smallest absolute Gasteiger partial charge is 0.416 e. The second-order valence-corrected chi connectivity index (χ2v) is 9.02. The minimum atomic E-state index is -4.38. The molecule has 1 N–H and O–H groups in total. The Morgan fingerprint density at radius 3 is 2.48 bits per heavy atom. The fourth-order valence-corrected chi connectivity index (χ4v) is 4.62. The third-order valence-electron chi connectivity index (χ3n) is 5.45. The number of carbonyl (C=O) groups is 1. The summed E-state index contributed by atoms with van der Waals surface area (Å²) in [6.07, 6.45) is -2.50. The van der Waals surface area contributed by atoms with Crippen LogP contribution in [0.2, 0.25) is 0 Å². The molecule has 2 aromatic carbocycles. The van der Waals surface area contributed by atoms with E-state index in [-0.39, 0.29) is 13.0 Å². The highest BCUT2D eigenvalue weighted by atomic mass is 32.1. The van der Waals surface area contributed by atoms with E-state index in [4.69, 9.17) is 9.47 Å². The van der Waals surface area contributed by atoms with Gasteiger partial charge in [-0.2, -0.15) is 13.2 Å². The Labute approximate surface area is 192 Å². The Morgan fingerprint density at radius 1 is 1.21 bits per heavy atom. The van der Waals surface area contributed by atoms with Crippen molar-refractivity contribution < 1.29 is 32.5 Å². The van der Waals surface area contributed by atoms with Crippen molar-refractivity contribution in [3.8, 4) is 22.1 Å². The number of carboxylic acids is 1. The molecular weight excluding hydrogens is 455 g/mol. The van der Waals surface area contributed by atoms with E-state index in [0.717, 1.165) is 41.1 Å². The molecule has 3 aromatic rings. The number of aromatic nitrogens is 1. The van der Waals surface area contributed by atoms with Crippen LogP contribution in [-0.4, -0.2) is 23.2 Å². The van der Waals surface area contributed by atoms with Gasteiger partial charge >= 0.3 is 12.1 Å². The van der Waals surface area contributed by atoms with Gasteiger partial charge in [0.05, 0.1) is 29.7 Å². The summed E-state index contributed by atoms with van der Waals surface area (Å²) in [4.78, 5) is 16.6. The third-order valence-corrected chi connectivity index (χ3v) is 6.63. The van der Waals surface area contributed by atoms with Crippen LogP contribution in [0.25, 0.3) is 10.6 Å². The van der Waals surface area contributed by atoms with Crippen LogP contribution >= 0.6 is 11.3 Å². The first-order valence-corrected chi connectivity index (χ1v) is 11.2. The number of methoxy groups -OCH3 is 1. The number of ether oxygens (including phenoxy) is 2. The average Bonchev–Trinajstić information content (AvgIpc) is 3.53. The molecule has 1 fully saturated rings. The van der Waals surface area contributed by atoms with E-state index in [1.807, 2.05) is 13.0 Å². The number of thiazole rings is 1. The number of rotatable bonds is 8. The Kier molecular flexibility index (Phi) is 6.34. The molecule has 174 valence electrons.